The number of ether oxygens (including phenoxy) is 1. The van der Waals surface area contributed by atoms with E-state index in [2.05, 4.69) is 4.74 Å². The van der Waals surface area contributed by atoms with Crippen molar-refractivity contribution in [2.24, 2.45) is 0 Å². The number of halogens is 1. The average Bonchev–Trinajstić information content (AvgIpc) is 2.01. The first-order chi connectivity index (χ1) is 6.14. The number of carbonyl (C=O) groups is 2. The first kappa shape index (κ1) is 4.34. The van der Waals surface area contributed by atoms with Crippen LogP contribution >= 0.6 is 11.6 Å². The maximum absolute atomic E-state index is 11.0. The van der Waals surface area contributed by atoms with Gasteiger partial charge in [-0.15, -0.1) is 11.6 Å². The predicted molar refractivity (Wildman–Crippen MR) is 37.0 cm³/mol. The van der Waals surface area contributed by atoms with Crippen molar-refractivity contribution < 1.29 is 19.8 Å². The highest BCUT2D eigenvalue weighted by Gasteiger charge is 2.07. The molecule has 3 nitrogen and oxygen atoms in total. The quantitative estimate of drug-likeness (QED) is 0.354. The highest BCUT2D eigenvalue weighted by Crippen LogP contribution is 1.90. The summed E-state index contributed by atoms with van der Waals surface area (Å²) in [5.74, 6) is -6.02. The van der Waals surface area contributed by atoms with Crippen molar-refractivity contribution in [2.75, 3.05) is 12.4 Å². The SMILES string of the molecule is [2H]C([2H])(Cl)C(=O)C([2H])([2H])C(=O)OCC. The second kappa shape index (κ2) is 5.23. The van der Waals surface area contributed by atoms with Gasteiger partial charge in [0.2, 0.25) is 0 Å². The van der Waals surface area contributed by atoms with Crippen LogP contribution < -0.4 is 0 Å². The van der Waals surface area contributed by atoms with Crippen LogP contribution in [-0.4, -0.2) is 24.2 Å². The summed E-state index contributed by atoms with van der Waals surface area (Å²) in [6.07, 6.45) is -3.05. The van der Waals surface area contributed by atoms with Crippen molar-refractivity contribution in [2.45, 2.75) is 13.3 Å². The van der Waals surface area contributed by atoms with E-state index in [-0.39, 0.29) is 6.61 Å². The molecule has 0 spiro atoms. The third-order valence-electron chi connectivity index (χ3n) is 0.577. The van der Waals surface area contributed by atoms with Crippen molar-refractivity contribution >= 4 is 23.4 Å². The Hall–Kier alpha value is -0.570. The molecular weight excluding hydrogens is 156 g/mol. The molecule has 0 radical (unpaired) electrons. The van der Waals surface area contributed by atoms with Crippen LogP contribution in [0.25, 0.3) is 0 Å². The Bertz CT molecular complexity index is 248. The van der Waals surface area contributed by atoms with E-state index in [9.17, 15) is 9.59 Å². The molecule has 0 aliphatic heterocycles. The van der Waals surface area contributed by atoms with Crippen LogP contribution in [0, 0.1) is 0 Å². The molecule has 0 aliphatic carbocycles. The number of alkyl halides is 1. The molecule has 0 amide bonds. The number of hydrogen-bond acceptors (Lipinski definition) is 3. The van der Waals surface area contributed by atoms with Crippen molar-refractivity contribution in [1.82, 2.24) is 0 Å². The molecule has 0 unspecified atom stereocenters. The van der Waals surface area contributed by atoms with Gasteiger partial charge in [-0.05, 0) is 6.92 Å². The van der Waals surface area contributed by atoms with Gasteiger partial charge >= 0.3 is 5.97 Å². The van der Waals surface area contributed by atoms with E-state index in [0.717, 1.165) is 0 Å². The Morgan fingerprint density at radius 3 is 2.70 bits per heavy atom. The number of esters is 1. The molecule has 0 aliphatic rings. The van der Waals surface area contributed by atoms with Gasteiger partial charge in [0.05, 0.1) is 15.2 Å². The van der Waals surface area contributed by atoms with E-state index in [1.54, 1.807) is 0 Å². The summed E-state index contributed by atoms with van der Waals surface area (Å²) in [6.45, 7) is 1.34. The van der Waals surface area contributed by atoms with E-state index in [0.29, 0.717) is 0 Å². The number of Topliss-reactive ketones (excluding diaryl/α,β-unsaturated/α-hetero) is 1. The highest BCUT2D eigenvalue weighted by atomic mass is 35.5. The van der Waals surface area contributed by atoms with Crippen LogP contribution in [0.1, 0.15) is 18.8 Å². The standard InChI is InChI=1S/C6H9ClO3/c1-2-10-6(9)3-5(8)4-7/h2-4H2,1H3/i3D2,4D2. The van der Waals surface area contributed by atoms with Gasteiger partial charge in [0.15, 0.2) is 5.78 Å². The summed E-state index contributed by atoms with van der Waals surface area (Å²) >= 11 is 4.95. The lowest BCUT2D eigenvalue weighted by atomic mass is 10.3. The number of ketones is 1. The van der Waals surface area contributed by atoms with Crippen molar-refractivity contribution in [3.8, 4) is 0 Å². The number of carbonyl (C=O) groups excluding carboxylic acids is 2. The van der Waals surface area contributed by atoms with Gasteiger partial charge in [-0.1, -0.05) is 0 Å². The molecule has 58 valence electrons. The second-order valence-electron chi connectivity index (χ2n) is 1.27. The minimum atomic E-state index is -3.05. The zero-order valence-electron chi connectivity index (χ0n) is 9.31. The molecule has 0 bridgehead atoms. The third-order valence-corrected chi connectivity index (χ3v) is 0.748. The van der Waals surface area contributed by atoms with Gasteiger partial charge in [-0.3, -0.25) is 9.59 Å². The zero-order valence-corrected chi connectivity index (χ0v) is 6.07. The van der Waals surface area contributed by atoms with Crippen LogP contribution in [0.4, 0.5) is 0 Å². The van der Waals surface area contributed by atoms with Gasteiger partial charge < -0.3 is 4.74 Å². The van der Waals surface area contributed by atoms with Crippen molar-refractivity contribution in [3.05, 3.63) is 0 Å². The lowest BCUT2D eigenvalue weighted by molar-refractivity contribution is -0.145. The topological polar surface area (TPSA) is 43.4 Å². The predicted octanol–water partition coefficient (Wildman–Crippen LogP) is 0.748. The molecule has 10 heavy (non-hydrogen) atoms. The largest absolute Gasteiger partial charge is 0.466 e. The first-order valence-corrected chi connectivity index (χ1v) is 2.93. The summed E-state index contributed by atoms with van der Waals surface area (Å²) < 4.78 is 31.8. The Labute approximate surface area is 69.9 Å². The van der Waals surface area contributed by atoms with Crippen LogP contribution in [0.5, 0.6) is 0 Å². The van der Waals surface area contributed by atoms with E-state index in [1.807, 2.05) is 0 Å². The lowest BCUT2D eigenvalue weighted by Crippen LogP contribution is -2.11. The molecule has 4 heteroatoms. The van der Waals surface area contributed by atoms with Gasteiger partial charge in [-0.25, -0.2) is 0 Å². The molecule has 0 saturated carbocycles. The zero-order chi connectivity index (χ0) is 11.6. The fourth-order valence-electron chi connectivity index (χ4n) is 0.283. The maximum Gasteiger partial charge on any atom is 0.313 e. The Morgan fingerprint density at radius 1 is 1.70 bits per heavy atom. The molecule has 0 fully saturated rings. The smallest absolute Gasteiger partial charge is 0.313 e. The molecule has 0 heterocycles. The van der Waals surface area contributed by atoms with Gasteiger partial charge in [0.25, 0.3) is 0 Å². The molecule has 0 saturated heterocycles. The summed E-state index contributed by atoms with van der Waals surface area (Å²) in [5.41, 5.74) is 0. The molecule has 0 aromatic heterocycles. The Kier molecular flexibility index (Phi) is 2.27. The number of hydrogen-bond donors (Lipinski definition) is 0. The van der Waals surface area contributed by atoms with Crippen molar-refractivity contribution in [3.63, 3.8) is 0 Å². The molecule has 0 N–H and O–H groups in total. The normalized spacial score (nSPS) is 17.8. The third kappa shape index (κ3) is 4.32. The van der Waals surface area contributed by atoms with Crippen LogP contribution in [-0.2, 0) is 14.3 Å². The van der Waals surface area contributed by atoms with E-state index in [4.69, 9.17) is 17.1 Å². The Morgan fingerprint density at radius 2 is 2.30 bits per heavy atom. The Balaban J connectivity index is 4.79. The molecule has 0 rings (SSSR count). The molecular formula is C6H9ClO3. The van der Waals surface area contributed by atoms with E-state index < -0.39 is 24.0 Å². The van der Waals surface area contributed by atoms with Crippen LogP contribution in [0.15, 0.2) is 0 Å². The molecule has 0 aromatic rings. The average molecular weight is 169 g/mol. The number of rotatable bonds is 4. The fraction of sp³-hybridized carbons (Fsp3) is 0.667. The van der Waals surface area contributed by atoms with Gasteiger partial charge in [0, 0.05) is 2.74 Å². The maximum atomic E-state index is 11.0. The van der Waals surface area contributed by atoms with Gasteiger partial charge in [-0.2, -0.15) is 0 Å². The molecule has 0 atom stereocenters. The summed E-state index contributed by atoms with van der Waals surface area (Å²) in [5, 5.41) is 0. The van der Waals surface area contributed by atoms with E-state index in [1.165, 1.54) is 6.92 Å². The minimum Gasteiger partial charge on any atom is -0.466 e. The lowest BCUT2D eigenvalue weighted by Gasteiger charge is -1.97. The first-order valence-electron chi connectivity index (χ1n) is 4.55. The fourth-order valence-corrected chi connectivity index (χ4v) is 0.331. The summed E-state index contributed by atoms with van der Waals surface area (Å²) in [6, 6.07) is 0. The monoisotopic (exact) mass is 168 g/mol. The summed E-state index contributed by atoms with van der Waals surface area (Å²) in [4.78, 5) is 21.9. The summed E-state index contributed by atoms with van der Waals surface area (Å²) in [7, 11) is 0. The van der Waals surface area contributed by atoms with Crippen LogP contribution in [0.2, 0.25) is 0 Å². The van der Waals surface area contributed by atoms with Crippen molar-refractivity contribution in [1.29, 1.82) is 0 Å². The second-order valence-corrected chi connectivity index (χ2v) is 1.46. The van der Waals surface area contributed by atoms with E-state index >= 15 is 0 Å². The minimum absolute atomic E-state index is 0.100. The van der Waals surface area contributed by atoms with Gasteiger partial charge in [0.1, 0.15) is 6.37 Å². The molecule has 0 aromatic carbocycles. The highest BCUT2D eigenvalue weighted by molar-refractivity contribution is 6.28. The van der Waals surface area contributed by atoms with Crippen LogP contribution in [0.3, 0.4) is 0 Å².